The molecule has 0 heterocycles. The molecule has 0 saturated heterocycles. The summed E-state index contributed by atoms with van der Waals surface area (Å²) in [7, 11) is -3.97. The second-order valence-corrected chi connectivity index (χ2v) is 9.12. The van der Waals surface area contributed by atoms with E-state index in [0.29, 0.717) is 0 Å². The topological polar surface area (TPSA) is 122 Å². The van der Waals surface area contributed by atoms with E-state index in [1.54, 1.807) is 36.4 Å². The van der Waals surface area contributed by atoms with Crippen LogP contribution in [0.3, 0.4) is 0 Å². The minimum Gasteiger partial charge on any atom is -0.272 e. The van der Waals surface area contributed by atoms with Gasteiger partial charge in [0.05, 0.1) is 28.1 Å². The Morgan fingerprint density at radius 1 is 1.03 bits per heavy atom. The van der Waals surface area contributed by atoms with Gasteiger partial charge < -0.3 is 0 Å². The lowest BCUT2D eigenvalue weighted by atomic mass is 10.1. The van der Waals surface area contributed by atoms with Crippen LogP contribution in [0.1, 0.15) is 16.7 Å². The van der Waals surface area contributed by atoms with Gasteiger partial charge in [0.1, 0.15) is 0 Å². The van der Waals surface area contributed by atoms with Crippen molar-refractivity contribution in [3.05, 3.63) is 106 Å². The van der Waals surface area contributed by atoms with E-state index < -0.39 is 27.4 Å². The van der Waals surface area contributed by atoms with E-state index >= 15 is 0 Å². The zero-order valence-corrected chi connectivity index (χ0v) is 18.6. The highest BCUT2D eigenvalue weighted by Gasteiger charge is 2.26. The molecule has 0 spiro atoms. The molecule has 3 aromatic rings. The summed E-state index contributed by atoms with van der Waals surface area (Å²) in [4.78, 5) is 23.1. The van der Waals surface area contributed by atoms with E-state index in [9.17, 15) is 23.3 Å². The third-order valence-electron chi connectivity index (χ3n) is 4.71. The van der Waals surface area contributed by atoms with Crippen LogP contribution in [0, 0.1) is 17.0 Å². The summed E-state index contributed by atoms with van der Waals surface area (Å²) in [6.45, 7) is 1.42. The number of hydrogen-bond acceptors (Lipinski definition) is 6. The maximum atomic E-state index is 13.2. The lowest BCUT2D eigenvalue weighted by Crippen LogP contribution is -2.39. The van der Waals surface area contributed by atoms with Crippen LogP contribution >= 0.6 is 0 Å². The molecule has 0 radical (unpaired) electrons. The Balaban J connectivity index is 1.79. The summed E-state index contributed by atoms with van der Waals surface area (Å²) in [5.74, 6) is -0.684. The van der Waals surface area contributed by atoms with Crippen LogP contribution in [0.15, 0.2) is 88.9 Å². The molecule has 170 valence electrons. The fourth-order valence-corrected chi connectivity index (χ4v) is 4.40. The SMILES string of the molecule is Cc1ccc(CN(CC(=O)NN=Cc2ccccc2[N+](=O)[O-])S(=O)(=O)c2ccccc2)cc1. The van der Waals surface area contributed by atoms with Crippen LogP contribution in [0.25, 0.3) is 0 Å². The Morgan fingerprint density at radius 3 is 2.33 bits per heavy atom. The number of carbonyl (C=O) groups excluding carboxylic acids is 1. The van der Waals surface area contributed by atoms with Gasteiger partial charge in [0.15, 0.2) is 0 Å². The Labute approximate surface area is 191 Å². The number of hydrazone groups is 1. The number of nitro benzene ring substituents is 1. The monoisotopic (exact) mass is 466 g/mol. The average Bonchev–Trinajstić information content (AvgIpc) is 2.81. The summed E-state index contributed by atoms with van der Waals surface area (Å²) in [6.07, 6.45) is 1.14. The van der Waals surface area contributed by atoms with Crippen molar-refractivity contribution in [3.8, 4) is 0 Å². The largest absolute Gasteiger partial charge is 0.278 e. The summed E-state index contributed by atoms with van der Waals surface area (Å²) in [6, 6.07) is 21.1. The minimum absolute atomic E-state index is 0.0151. The molecule has 1 amide bonds. The molecule has 0 aliphatic rings. The highest BCUT2D eigenvalue weighted by molar-refractivity contribution is 7.89. The maximum absolute atomic E-state index is 13.2. The van der Waals surface area contributed by atoms with E-state index in [1.807, 2.05) is 19.1 Å². The summed E-state index contributed by atoms with van der Waals surface area (Å²) in [5, 5.41) is 14.8. The fourth-order valence-electron chi connectivity index (χ4n) is 3.00. The molecule has 1 N–H and O–H groups in total. The lowest BCUT2D eigenvalue weighted by molar-refractivity contribution is -0.385. The molecule has 0 aliphatic heterocycles. The van der Waals surface area contributed by atoms with Gasteiger partial charge in [-0.3, -0.25) is 14.9 Å². The van der Waals surface area contributed by atoms with Crippen molar-refractivity contribution in [2.45, 2.75) is 18.4 Å². The Kier molecular flexibility index (Phi) is 7.65. The van der Waals surface area contributed by atoms with Gasteiger partial charge in [0, 0.05) is 12.6 Å². The van der Waals surface area contributed by atoms with Gasteiger partial charge in [0.2, 0.25) is 10.0 Å². The van der Waals surface area contributed by atoms with Crippen LogP contribution < -0.4 is 5.43 Å². The second kappa shape index (κ2) is 10.6. The van der Waals surface area contributed by atoms with Gasteiger partial charge in [-0.05, 0) is 30.7 Å². The van der Waals surface area contributed by atoms with Gasteiger partial charge >= 0.3 is 0 Å². The van der Waals surface area contributed by atoms with E-state index in [-0.39, 0.29) is 22.7 Å². The molecule has 0 aromatic heterocycles. The van der Waals surface area contributed by atoms with Crippen molar-refractivity contribution in [2.75, 3.05) is 6.54 Å². The average molecular weight is 467 g/mol. The predicted octanol–water partition coefficient (Wildman–Crippen LogP) is 3.24. The third kappa shape index (κ3) is 6.31. The second-order valence-electron chi connectivity index (χ2n) is 7.18. The molecule has 3 aromatic carbocycles. The van der Waals surface area contributed by atoms with Crippen LogP contribution in [0.4, 0.5) is 5.69 Å². The number of nitrogens with one attached hydrogen (secondary N) is 1. The van der Waals surface area contributed by atoms with E-state index in [4.69, 9.17) is 0 Å². The summed E-state index contributed by atoms with van der Waals surface area (Å²) in [5.41, 5.74) is 4.03. The van der Waals surface area contributed by atoms with Crippen molar-refractivity contribution in [1.29, 1.82) is 0 Å². The first kappa shape index (κ1) is 23.8. The van der Waals surface area contributed by atoms with Gasteiger partial charge in [-0.1, -0.05) is 60.2 Å². The molecule has 0 fully saturated rings. The standard InChI is InChI=1S/C23H22N4O5S/c1-18-11-13-19(14-12-18)16-26(33(31,32)21-8-3-2-4-9-21)17-23(28)25-24-15-20-7-5-6-10-22(20)27(29)30/h2-15H,16-17H2,1H3,(H,25,28). The maximum Gasteiger partial charge on any atom is 0.278 e. The molecular weight excluding hydrogens is 444 g/mol. The summed E-state index contributed by atoms with van der Waals surface area (Å²) < 4.78 is 27.4. The van der Waals surface area contributed by atoms with Crippen LogP contribution in [0.2, 0.25) is 0 Å². The Hall–Kier alpha value is -3.89. The van der Waals surface area contributed by atoms with Crippen molar-refractivity contribution >= 4 is 27.8 Å². The van der Waals surface area contributed by atoms with Crippen molar-refractivity contribution in [2.24, 2.45) is 5.10 Å². The van der Waals surface area contributed by atoms with Crippen molar-refractivity contribution in [1.82, 2.24) is 9.73 Å². The molecule has 0 aliphatic carbocycles. The first-order valence-corrected chi connectivity index (χ1v) is 11.4. The van der Waals surface area contributed by atoms with E-state index in [2.05, 4.69) is 10.5 Å². The van der Waals surface area contributed by atoms with E-state index in [1.165, 1.54) is 30.3 Å². The number of nitro groups is 1. The normalized spacial score (nSPS) is 11.6. The van der Waals surface area contributed by atoms with E-state index in [0.717, 1.165) is 21.6 Å². The van der Waals surface area contributed by atoms with Crippen LogP contribution in [-0.4, -0.2) is 36.3 Å². The Bertz CT molecular complexity index is 1260. The third-order valence-corrected chi connectivity index (χ3v) is 6.51. The first-order valence-electron chi connectivity index (χ1n) is 9.93. The number of amides is 1. The number of hydrogen-bond donors (Lipinski definition) is 1. The highest BCUT2D eigenvalue weighted by atomic mass is 32.2. The molecule has 33 heavy (non-hydrogen) atoms. The molecule has 0 unspecified atom stereocenters. The van der Waals surface area contributed by atoms with Gasteiger partial charge in [-0.25, -0.2) is 13.8 Å². The number of carbonyl (C=O) groups is 1. The molecular formula is C23H22N4O5S. The van der Waals surface area contributed by atoms with Gasteiger partial charge in [0.25, 0.3) is 11.6 Å². The quantitative estimate of drug-likeness (QED) is 0.295. The predicted molar refractivity (Wildman–Crippen MR) is 124 cm³/mol. The van der Waals surface area contributed by atoms with Crippen LogP contribution in [0.5, 0.6) is 0 Å². The highest BCUT2D eigenvalue weighted by Crippen LogP contribution is 2.19. The molecule has 3 rings (SSSR count). The zero-order valence-electron chi connectivity index (χ0n) is 17.8. The molecule has 10 heteroatoms. The van der Waals surface area contributed by atoms with Gasteiger partial charge in [-0.15, -0.1) is 0 Å². The summed E-state index contributed by atoms with van der Waals surface area (Å²) >= 11 is 0. The van der Waals surface area contributed by atoms with Crippen molar-refractivity contribution in [3.63, 3.8) is 0 Å². The first-order chi connectivity index (χ1) is 15.8. The molecule has 0 bridgehead atoms. The minimum atomic E-state index is -3.97. The smallest absolute Gasteiger partial charge is 0.272 e. The number of rotatable bonds is 9. The zero-order chi connectivity index (χ0) is 23.8. The lowest BCUT2D eigenvalue weighted by Gasteiger charge is -2.21. The van der Waals surface area contributed by atoms with Gasteiger partial charge in [-0.2, -0.15) is 9.41 Å². The number of aryl methyl sites for hydroxylation is 1. The van der Waals surface area contributed by atoms with Crippen molar-refractivity contribution < 1.29 is 18.1 Å². The fraction of sp³-hybridized carbons (Fsp3) is 0.130. The molecule has 0 saturated carbocycles. The number of para-hydroxylation sites is 1. The molecule has 0 atom stereocenters. The number of nitrogens with zero attached hydrogens (tertiary/aromatic N) is 3. The Morgan fingerprint density at radius 2 is 1.67 bits per heavy atom. The number of benzene rings is 3. The van der Waals surface area contributed by atoms with Crippen LogP contribution in [-0.2, 0) is 21.4 Å². The molecule has 9 nitrogen and oxygen atoms in total. The number of sulfonamides is 1.